The molecule has 0 aliphatic rings. The molecule has 1 heteroatoms. The van der Waals surface area contributed by atoms with E-state index in [1.54, 1.807) is 0 Å². The van der Waals surface area contributed by atoms with Gasteiger partial charge in [-0.05, 0) is 37.3 Å². The van der Waals surface area contributed by atoms with Crippen LogP contribution in [0.15, 0.2) is 24.3 Å². The SMILES string of the molecule is CCCCC(CC)CC(C)(N)c1ccccc1C. The quantitative estimate of drug-likeness (QED) is 0.737. The van der Waals surface area contributed by atoms with E-state index in [0.29, 0.717) is 0 Å². The number of aryl methyl sites for hydroxylation is 1. The molecule has 0 radical (unpaired) electrons. The maximum absolute atomic E-state index is 6.59. The summed E-state index contributed by atoms with van der Waals surface area (Å²) in [5.74, 6) is 0.750. The molecule has 1 aromatic rings. The van der Waals surface area contributed by atoms with Crippen LogP contribution in [0.4, 0.5) is 0 Å². The smallest absolute Gasteiger partial charge is 0.0386 e. The highest BCUT2D eigenvalue weighted by molar-refractivity contribution is 5.31. The molecule has 0 amide bonds. The van der Waals surface area contributed by atoms with Crippen molar-refractivity contribution in [3.05, 3.63) is 35.4 Å². The number of nitrogens with two attached hydrogens (primary N) is 1. The Morgan fingerprint density at radius 1 is 1.22 bits per heavy atom. The summed E-state index contributed by atoms with van der Waals surface area (Å²) in [5.41, 5.74) is 9.01. The molecule has 2 N–H and O–H groups in total. The van der Waals surface area contributed by atoms with Crippen LogP contribution in [0.1, 0.15) is 64.0 Å². The molecule has 0 aromatic heterocycles. The van der Waals surface area contributed by atoms with Crippen molar-refractivity contribution >= 4 is 0 Å². The average molecular weight is 247 g/mol. The molecule has 0 saturated carbocycles. The van der Waals surface area contributed by atoms with Crippen LogP contribution in [0, 0.1) is 12.8 Å². The molecule has 2 atom stereocenters. The van der Waals surface area contributed by atoms with Crippen LogP contribution in [-0.4, -0.2) is 0 Å². The minimum atomic E-state index is -0.195. The molecule has 1 aromatic carbocycles. The van der Waals surface area contributed by atoms with Crippen molar-refractivity contribution in [3.8, 4) is 0 Å². The van der Waals surface area contributed by atoms with E-state index in [9.17, 15) is 0 Å². The first-order valence-electron chi connectivity index (χ1n) is 7.36. The Labute approximate surface area is 113 Å². The summed E-state index contributed by atoms with van der Waals surface area (Å²) in [6, 6.07) is 8.53. The van der Waals surface area contributed by atoms with Crippen LogP contribution in [0.25, 0.3) is 0 Å². The van der Waals surface area contributed by atoms with Gasteiger partial charge in [0.15, 0.2) is 0 Å². The molecular formula is C17H29N. The van der Waals surface area contributed by atoms with Gasteiger partial charge >= 0.3 is 0 Å². The molecule has 2 unspecified atom stereocenters. The lowest BCUT2D eigenvalue weighted by atomic mass is 9.79. The molecule has 102 valence electrons. The number of unbranched alkanes of at least 4 members (excludes halogenated alkanes) is 1. The summed E-state index contributed by atoms with van der Waals surface area (Å²) in [5, 5.41) is 0. The third-order valence-electron chi connectivity index (χ3n) is 4.02. The molecule has 0 bridgehead atoms. The van der Waals surface area contributed by atoms with Gasteiger partial charge < -0.3 is 5.73 Å². The summed E-state index contributed by atoms with van der Waals surface area (Å²) in [6.45, 7) is 8.89. The standard InChI is InChI=1S/C17H29N/c1-5-7-11-15(6-2)13-17(4,18)16-12-9-8-10-14(16)3/h8-10,12,15H,5-7,11,13,18H2,1-4H3. The van der Waals surface area contributed by atoms with E-state index in [1.807, 2.05) is 0 Å². The Morgan fingerprint density at radius 2 is 1.89 bits per heavy atom. The van der Waals surface area contributed by atoms with Gasteiger partial charge in [0.2, 0.25) is 0 Å². The number of hydrogen-bond donors (Lipinski definition) is 1. The lowest BCUT2D eigenvalue weighted by molar-refractivity contribution is 0.315. The Kier molecular flexibility index (Phi) is 5.87. The second-order valence-corrected chi connectivity index (χ2v) is 5.85. The monoisotopic (exact) mass is 247 g/mol. The van der Waals surface area contributed by atoms with Gasteiger partial charge in [-0.1, -0.05) is 63.8 Å². The van der Waals surface area contributed by atoms with Gasteiger partial charge in [0, 0.05) is 5.54 Å². The van der Waals surface area contributed by atoms with Gasteiger partial charge in [0.1, 0.15) is 0 Å². The fraction of sp³-hybridized carbons (Fsp3) is 0.647. The van der Waals surface area contributed by atoms with Crippen LogP contribution >= 0.6 is 0 Å². The van der Waals surface area contributed by atoms with Crippen LogP contribution in [0.5, 0.6) is 0 Å². The van der Waals surface area contributed by atoms with E-state index in [4.69, 9.17) is 5.73 Å². The van der Waals surface area contributed by atoms with Crippen molar-refractivity contribution in [2.45, 2.75) is 65.3 Å². The minimum Gasteiger partial charge on any atom is -0.322 e. The lowest BCUT2D eigenvalue weighted by Crippen LogP contribution is -2.36. The summed E-state index contributed by atoms with van der Waals surface area (Å²) >= 11 is 0. The van der Waals surface area contributed by atoms with Gasteiger partial charge in [-0.15, -0.1) is 0 Å². The van der Waals surface area contributed by atoms with Gasteiger partial charge in [-0.2, -0.15) is 0 Å². The molecule has 1 nitrogen and oxygen atoms in total. The summed E-state index contributed by atoms with van der Waals surface area (Å²) in [6.07, 6.45) is 6.24. The number of rotatable bonds is 7. The maximum atomic E-state index is 6.59. The number of benzene rings is 1. The van der Waals surface area contributed by atoms with Gasteiger partial charge in [0.25, 0.3) is 0 Å². The van der Waals surface area contributed by atoms with E-state index in [0.717, 1.165) is 12.3 Å². The van der Waals surface area contributed by atoms with Crippen molar-refractivity contribution in [2.24, 2.45) is 11.7 Å². The zero-order chi connectivity index (χ0) is 13.6. The summed E-state index contributed by atoms with van der Waals surface area (Å²) < 4.78 is 0. The molecule has 1 rings (SSSR count). The highest BCUT2D eigenvalue weighted by Gasteiger charge is 2.26. The van der Waals surface area contributed by atoms with Crippen molar-refractivity contribution in [1.29, 1.82) is 0 Å². The number of hydrogen-bond acceptors (Lipinski definition) is 1. The first kappa shape index (κ1) is 15.2. The zero-order valence-corrected chi connectivity index (χ0v) is 12.5. The van der Waals surface area contributed by atoms with Crippen LogP contribution in [0.2, 0.25) is 0 Å². The second-order valence-electron chi connectivity index (χ2n) is 5.85. The zero-order valence-electron chi connectivity index (χ0n) is 12.5. The maximum Gasteiger partial charge on any atom is 0.0386 e. The van der Waals surface area contributed by atoms with E-state index in [1.165, 1.54) is 36.8 Å². The molecular weight excluding hydrogens is 218 g/mol. The molecule has 0 fully saturated rings. The fourth-order valence-corrected chi connectivity index (χ4v) is 2.87. The highest BCUT2D eigenvalue weighted by atomic mass is 14.7. The van der Waals surface area contributed by atoms with Gasteiger partial charge in [-0.3, -0.25) is 0 Å². The predicted octanol–water partition coefficient (Wildman–Crippen LogP) is 4.78. The molecule has 18 heavy (non-hydrogen) atoms. The Hall–Kier alpha value is -0.820. The lowest BCUT2D eigenvalue weighted by Gasteiger charge is -2.31. The largest absolute Gasteiger partial charge is 0.322 e. The molecule has 0 aliphatic heterocycles. The van der Waals surface area contributed by atoms with Crippen LogP contribution in [0.3, 0.4) is 0 Å². The predicted molar refractivity (Wildman–Crippen MR) is 80.6 cm³/mol. The first-order valence-corrected chi connectivity index (χ1v) is 7.36. The van der Waals surface area contributed by atoms with Crippen molar-refractivity contribution in [1.82, 2.24) is 0 Å². The van der Waals surface area contributed by atoms with E-state index >= 15 is 0 Å². The van der Waals surface area contributed by atoms with Crippen molar-refractivity contribution in [2.75, 3.05) is 0 Å². The third-order valence-corrected chi connectivity index (χ3v) is 4.02. The summed E-state index contributed by atoms with van der Waals surface area (Å²) in [4.78, 5) is 0. The fourth-order valence-electron chi connectivity index (χ4n) is 2.87. The van der Waals surface area contributed by atoms with Gasteiger partial charge in [-0.25, -0.2) is 0 Å². The average Bonchev–Trinajstić information content (AvgIpc) is 2.34. The Balaban J connectivity index is 2.76. The Bertz CT molecular complexity index is 354. The molecule has 0 saturated heterocycles. The van der Waals surface area contributed by atoms with E-state index < -0.39 is 0 Å². The normalized spacial score (nSPS) is 16.3. The highest BCUT2D eigenvalue weighted by Crippen LogP contribution is 2.31. The molecule has 0 spiro atoms. The van der Waals surface area contributed by atoms with Crippen molar-refractivity contribution < 1.29 is 0 Å². The topological polar surface area (TPSA) is 26.0 Å². The first-order chi connectivity index (χ1) is 8.51. The molecule has 0 aliphatic carbocycles. The minimum absolute atomic E-state index is 0.195. The van der Waals surface area contributed by atoms with Crippen LogP contribution < -0.4 is 5.73 Å². The van der Waals surface area contributed by atoms with Crippen molar-refractivity contribution in [3.63, 3.8) is 0 Å². The van der Waals surface area contributed by atoms with E-state index in [2.05, 4.69) is 52.0 Å². The van der Waals surface area contributed by atoms with E-state index in [-0.39, 0.29) is 5.54 Å². The summed E-state index contributed by atoms with van der Waals surface area (Å²) in [7, 11) is 0. The van der Waals surface area contributed by atoms with Crippen LogP contribution in [-0.2, 0) is 5.54 Å². The second kappa shape index (κ2) is 6.94. The Morgan fingerprint density at radius 3 is 2.44 bits per heavy atom. The molecule has 0 heterocycles. The third kappa shape index (κ3) is 4.13. The van der Waals surface area contributed by atoms with Gasteiger partial charge in [0.05, 0.1) is 0 Å².